The standard InChI is InChI=1S/C16H23N5O2/c1-16(2,3)13(8-21-6-5-17-10-21)18-15(22)14-11-9-23-7-4-12(11)19-20-14/h5-6,10,13H,4,7-9H2,1-3H3,(H,18,22)(H,19,20)/t13-/m0/s1. The van der Waals surface area contributed by atoms with E-state index in [0.29, 0.717) is 25.5 Å². The molecule has 2 aromatic heterocycles. The van der Waals surface area contributed by atoms with E-state index in [1.165, 1.54) is 0 Å². The summed E-state index contributed by atoms with van der Waals surface area (Å²) in [6.07, 6.45) is 6.17. The van der Waals surface area contributed by atoms with Gasteiger partial charge in [-0.05, 0) is 5.41 Å². The fraction of sp³-hybridized carbons (Fsp3) is 0.562. The van der Waals surface area contributed by atoms with Crippen LogP contribution in [0.15, 0.2) is 18.7 Å². The minimum atomic E-state index is -0.159. The molecular weight excluding hydrogens is 294 g/mol. The van der Waals surface area contributed by atoms with Gasteiger partial charge >= 0.3 is 0 Å². The Morgan fingerprint density at radius 3 is 3.04 bits per heavy atom. The van der Waals surface area contributed by atoms with Crippen LogP contribution in [0.3, 0.4) is 0 Å². The topological polar surface area (TPSA) is 84.8 Å². The van der Waals surface area contributed by atoms with Crippen molar-refractivity contribution in [3.63, 3.8) is 0 Å². The summed E-state index contributed by atoms with van der Waals surface area (Å²) in [6, 6.07) is -0.0407. The van der Waals surface area contributed by atoms with Crippen LogP contribution in [0.1, 0.15) is 42.5 Å². The summed E-state index contributed by atoms with van der Waals surface area (Å²) in [6.45, 7) is 8.10. The number of fused-ring (bicyclic) bond motifs is 1. The lowest BCUT2D eigenvalue weighted by molar-refractivity contribution is 0.0869. The molecule has 0 fully saturated rings. The summed E-state index contributed by atoms with van der Waals surface area (Å²) in [5.74, 6) is -0.159. The first-order chi connectivity index (χ1) is 10.9. The van der Waals surface area contributed by atoms with Crippen LogP contribution >= 0.6 is 0 Å². The van der Waals surface area contributed by atoms with Crippen molar-refractivity contribution in [2.75, 3.05) is 6.61 Å². The van der Waals surface area contributed by atoms with Gasteiger partial charge in [-0.15, -0.1) is 0 Å². The number of hydrogen-bond acceptors (Lipinski definition) is 4. The lowest BCUT2D eigenvalue weighted by atomic mass is 9.86. The first-order valence-corrected chi connectivity index (χ1v) is 7.85. The highest BCUT2D eigenvalue weighted by Gasteiger charge is 2.29. The number of carbonyl (C=O) groups is 1. The predicted molar refractivity (Wildman–Crippen MR) is 84.9 cm³/mol. The first kappa shape index (κ1) is 15.7. The summed E-state index contributed by atoms with van der Waals surface area (Å²) in [7, 11) is 0. The van der Waals surface area contributed by atoms with Crippen LogP contribution in [0, 0.1) is 5.41 Å². The van der Waals surface area contributed by atoms with Gasteiger partial charge in [0.15, 0.2) is 5.69 Å². The Balaban J connectivity index is 1.77. The number of nitrogens with one attached hydrogen (secondary N) is 2. The number of aromatic nitrogens is 4. The normalized spacial score (nSPS) is 16.0. The minimum absolute atomic E-state index is 0.0407. The van der Waals surface area contributed by atoms with Gasteiger partial charge in [0, 0.05) is 36.6 Å². The van der Waals surface area contributed by atoms with Crippen molar-refractivity contribution >= 4 is 5.91 Å². The van der Waals surface area contributed by atoms with Crippen molar-refractivity contribution in [1.82, 2.24) is 25.1 Å². The highest BCUT2D eigenvalue weighted by atomic mass is 16.5. The molecule has 0 bridgehead atoms. The summed E-state index contributed by atoms with van der Waals surface area (Å²) < 4.78 is 7.42. The Bertz CT molecular complexity index is 669. The molecule has 0 aliphatic carbocycles. The number of carbonyl (C=O) groups excluding carboxylic acids is 1. The predicted octanol–water partition coefficient (Wildman–Crippen LogP) is 1.52. The molecule has 0 unspecified atom stereocenters. The third-order valence-electron chi connectivity index (χ3n) is 4.21. The van der Waals surface area contributed by atoms with Crippen LogP contribution in [0.25, 0.3) is 0 Å². The van der Waals surface area contributed by atoms with Crippen LogP contribution in [-0.4, -0.2) is 38.3 Å². The van der Waals surface area contributed by atoms with E-state index < -0.39 is 0 Å². The van der Waals surface area contributed by atoms with E-state index in [9.17, 15) is 4.79 Å². The van der Waals surface area contributed by atoms with Crippen molar-refractivity contribution in [2.45, 2.75) is 46.4 Å². The minimum Gasteiger partial charge on any atom is -0.376 e. The maximum atomic E-state index is 12.7. The van der Waals surface area contributed by atoms with Crippen molar-refractivity contribution in [1.29, 1.82) is 0 Å². The molecule has 7 nitrogen and oxygen atoms in total. The average Bonchev–Trinajstić information content (AvgIpc) is 3.14. The van der Waals surface area contributed by atoms with Gasteiger partial charge in [-0.3, -0.25) is 9.89 Å². The Labute approximate surface area is 135 Å². The average molecular weight is 317 g/mol. The number of nitrogens with zero attached hydrogens (tertiary/aromatic N) is 3. The lowest BCUT2D eigenvalue weighted by Gasteiger charge is -2.31. The molecule has 1 amide bonds. The Morgan fingerprint density at radius 1 is 1.52 bits per heavy atom. The SMILES string of the molecule is CC(C)(C)[C@H](Cn1ccnc1)NC(=O)c1n[nH]c2c1COCC2. The molecule has 2 aromatic rings. The molecule has 124 valence electrons. The van der Waals surface area contributed by atoms with Crippen molar-refractivity contribution in [2.24, 2.45) is 5.41 Å². The molecule has 0 saturated heterocycles. The van der Waals surface area contributed by atoms with E-state index in [1.807, 2.05) is 10.8 Å². The molecule has 0 radical (unpaired) electrons. The highest BCUT2D eigenvalue weighted by Crippen LogP contribution is 2.23. The molecule has 3 heterocycles. The van der Waals surface area contributed by atoms with Gasteiger partial charge in [0.2, 0.25) is 0 Å². The van der Waals surface area contributed by atoms with Crippen molar-refractivity contribution in [3.8, 4) is 0 Å². The van der Waals surface area contributed by atoms with Gasteiger partial charge in [-0.2, -0.15) is 5.10 Å². The number of rotatable bonds is 4. The zero-order valence-electron chi connectivity index (χ0n) is 13.8. The van der Waals surface area contributed by atoms with E-state index in [0.717, 1.165) is 17.7 Å². The van der Waals surface area contributed by atoms with E-state index in [2.05, 4.69) is 41.3 Å². The van der Waals surface area contributed by atoms with E-state index >= 15 is 0 Å². The van der Waals surface area contributed by atoms with E-state index in [-0.39, 0.29) is 17.4 Å². The molecule has 1 aliphatic heterocycles. The second-order valence-electron chi connectivity index (χ2n) is 6.98. The molecule has 1 aliphatic rings. The first-order valence-electron chi connectivity index (χ1n) is 7.85. The Hall–Kier alpha value is -2.15. The number of H-pyrrole nitrogens is 1. The fourth-order valence-corrected chi connectivity index (χ4v) is 2.67. The second kappa shape index (κ2) is 6.16. The molecule has 3 rings (SSSR count). The number of imidazole rings is 1. The third kappa shape index (κ3) is 3.44. The lowest BCUT2D eigenvalue weighted by Crippen LogP contribution is -2.46. The fourth-order valence-electron chi connectivity index (χ4n) is 2.67. The van der Waals surface area contributed by atoms with E-state index in [1.54, 1.807) is 12.5 Å². The molecule has 2 N–H and O–H groups in total. The number of aromatic amines is 1. The quantitative estimate of drug-likeness (QED) is 0.895. The maximum absolute atomic E-state index is 12.7. The maximum Gasteiger partial charge on any atom is 0.272 e. The summed E-state index contributed by atoms with van der Waals surface area (Å²) in [5, 5.41) is 10.3. The number of hydrogen-bond donors (Lipinski definition) is 2. The summed E-state index contributed by atoms with van der Waals surface area (Å²) in [5.41, 5.74) is 2.24. The van der Waals surface area contributed by atoms with Gasteiger partial charge in [-0.1, -0.05) is 20.8 Å². The van der Waals surface area contributed by atoms with Gasteiger partial charge < -0.3 is 14.6 Å². The van der Waals surface area contributed by atoms with E-state index in [4.69, 9.17) is 4.74 Å². The third-order valence-corrected chi connectivity index (χ3v) is 4.21. The zero-order chi connectivity index (χ0) is 16.4. The Morgan fingerprint density at radius 2 is 2.35 bits per heavy atom. The van der Waals surface area contributed by atoms with Gasteiger partial charge in [0.25, 0.3) is 5.91 Å². The number of amides is 1. The van der Waals surface area contributed by atoms with Crippen LogP contribution in [0.4, 0.5) is 0 Å². The van der Waals surface area contributed by atoms with Crippen LogP contribution in [0.2, 0.25) is 0 Å². The zero-order valence-corrected chi connectivity index (χ0v) is 13.8. The largest absolute Gasteiger partial charge is 0.376 e. The summed E-state index contributed by atoms with van der Waals surface area (Å²) >= 11 is 0. The second-order valence-corrected chi connectivity index (χ2v) is 6.98. The van der Waals surface area contributed by atoms with Crippen LogP contribution < -0.4 is 5.32 Å². The molecule has 0 spiro atoms. The number of ether oxygens (including phenoxy) is 1. The van der Waals surface area contributed by atoms with Crippen LogP contribution in [-0.2, 0) is 24.3 Å². The molecular formula is C16H23N5O2. The van der Waals surface area contributed by atoms with Gasteiger partial charge in [0.1, 0.15) is 0 Å². The highest BCUT2D eigenvalue weighted by molar-refractivity contribution is 5.94. The molecule has 0 aromatic carbocycles. The Kier molecular flexibility index (Phi) is 4.21. The van der Waals surface area contributed by atoms with Gasteiger partial charge in [0.05, 0.1) is 25.6 Å². The van der Waals surface area contributed by atoms with Crippen LogP contribution in [0.5, 0.6) is 0 Å². The summed E-state index contributed by atoms with van der Waals surface area (Å²) in [4.78, 5) is 16.7. The molecule has 7 heteroatoms. The smallest absolute Gasteiger partial charge is 0.272 e. The monoisotopic (exact) mass is 317 g/mol. The molecule has 0 saturated carbocycles. The van der Waals surface area contributed by atoms with Crippen molar-refractivity contribution in [3.05, 3.63) is 35.7 Å². The molecule has 23 heavy (non-hydrogen) atoms. The van der Waals surface area contributed by atoms with Crippen molar-refractivity contribution < 1.29 is 9.53 Å². The van der Waals surface area contributed by atoms with Gasteiger partial charge in [-0.25, -0.2) is 4.98 Å². The molecule has 1 atom stereocenters.